The number of aromatic nitrogens is 2. The molecule has 0 saturated carbocycles. The zero-order chi connectivity index (χ0) is 22.0. The second-order valence-electron chi connectivity index (χ2n) is 7.62. The number of allylic oxidation sites excluding steroid dienone is 1. The van der Waals surface area contributed by atoms with E-state index < -0.39 is 17.3 Å². The molecule has 0 fully saturated rings. The number of carbonyl (C=O) groups excluding carboxylic acids is 2. The number of pyridine rings is 1. The van der Waals surface area contributed by atoms with Crippen LogP contribution in [0.1, 0.15) is 31.9 Å². The molecule has 1 aliphatic heterocycles. The van der Waals surface area contributed by atoms with Crippen LogP contribution in [0.3, 0.4) is 0 Å². The van der Waals surface area contributed by atoms with Crippen molar-refractivity contribution in [1.29, 1.82) is 0 Å². The summed E-state index contributed by atoms with van der Waals surface area (Å²) in [6.45, 7) is 5.73. The number of Topliss-reactive ketones (excluding diaryl/α,β-unsaturated/α-hetero) is 1. The number of ether oxygens (including phenoxy) is 2. The molecule has 0 aliphatic carbocycles. The second-order valence-corrected chi connectivity index (χ2v) is 7.62. The first-order valence-corrected chi connectivity index (χ1v) is 10.0. The lowest BCUT2D eigenvalue weighted by atomic mass is 9.94. The number of hydrogen-bond donors (Lipinski definition) is 2. The first kappa shape index (κ1) is 20.4. The number of aromatic amines is 1. The van der Waals surface area contributed by atoms with Crippen LogP contribution in [-0.4, -0.2) is 28.3 Å². The highest BCUT2D eigenvalue weighted by Crippen LogP contribution is 2.31. The number of fused-ring (bicyclic) bond motifs is 1. The van der Waals surface area contributed by atoms with Gasteiger partial charge in [-0.1, -0.05) is 30.3 Å². The molecule has 0 amide bonds. The first-order valence-electron chi connectivity index (χ1n) is 10.0. The van der Waals surface area contributed by atoms with Gasteiger partial charge in [0.05, 0.1) is 12.1 Å². The van der Waals surface area contributed by atoms with Gasteiger partial charge in [-0.25, -0.2) is 9.78 Å². The van der Waals surface area contributed by atoms with Crippen LogP contribution in [0.4, 0.5) is 0 Å². The van der Waals surface area contributed by atoms with E-state index in [-0.39, 0.29) is 23.8 Å². The Hall–Kier alpha value is -3.87. The van der Waals surface area contributed by atoms with Gasteiger partial charge in [-0.15, -0.1) is 0 Å². The van der Waals surface area contributed by atoms with Crippen LogP contribution in [0.25, 0.3) is 17.1 Å². The third-order valence-corrected chi connectivity index (χ3v) is 5.06. The molecule has 7 nitrogen and oxygen atoms in total. The van der Waals surface area contributed by atoms with E-state index in [9.17, 15) is 9.59 Å². The zero-order valence-corrected chi connectivity index (χ0v) is 17.6. The molecule has 2 N–H and O–H groups in total. The lowest BCUT2D eigenvalue weighted by molar-refractivity contribution is -0.139. The van der Waals surface area contributed by atoms with E-state index in [0.717, 1.165) is 16.5 Å². The lowest BCUT2D eigenvalue weighted by Crippen LogP contribution is -2.37. The Bertz CT molecular complexity index is 1210. The number of ketones is 1. The SMILES string of the molecule is CCOC(=O)C1=C(NC(C)(C)c2ccccc2)O/C(=C\c2c[nH]c3ncccc23)C1=O. The molecule has 0 bridgehead atoms. The number of carbonyl (C=O) groups is 2. The molecule has 1 aromatic carbocycles. The van der Waals surface area contributed by atoms with E-state index in [4.69, 9.17) is 9.47 Å². The van der Waals surface area contributed by atoms with Gasteiger partial charge in [-0.3, -0.25) is 4.79 Å². The van der Waals surface area contributed by atoms with Crippen molar-refractivity contribution in [3.8, 4) is 0 Å². The van der Waals surface area contributed by atoms with Crippen molar-refractivity contribution >= 4 is 28.9 Å². The van der Waals surface area contributed by atoms with Crippen LogP contribution in [-0.2, 0) is 24.6 Å². The lowest BCUT2D eigenvalue weighted by Gasteiger charge is -2.28. The summed E-state index contributed by atoms with van der Waals surface area (Å²) in [5, 5.41) is 4.06. The zero-order valence-electron chi connectivity index (χ0n) is 17.6. The van der Waals surface area contributed by atoms with Crippen LogP contribution >= 0.6 is 0 Å². The van der Waals surface area contributed by atoms with Crippen molar-refractivity contribution in [1.82, 2.24) is 15.3 Å². The van der Waals surface area contributed by atoms with Crippen molar-refractivity contribution in [3.05, 3.63) is 83.2 Å². The van der Waals surface area contributed by atoms with E-state index in [1.165, 1.54) is 0 Å². The highest BCUT2D eigenvalue weighted by molar-refractivity contribution is 6.26. The Morgan fingerprint density at radius 3 is 2.74 bits per heavy atom. The average molecular weight is 417 g/mol. The van der Waals surface area contributed by atoms with Gasteiger partial charge in [-0.2, -0.15) is 0 Å². The number of nitrogens with zero attached hydrogens (tertiary/aromatic N) is 1. The van der Waals surface area contributed by atoms with Crippen molar-refractivity contribution in [2.75, 3.05) is 6.61 Å². The first-order chi connectivity index (χ1) is 14.9. The summed E-state index contributed by atoms with van der Waals surface area (Å²) in [6.07, 6.45) is 5.03. The van der Waals surface area contributed by atoms with Crippen molar-refractivity contribution in [3.63, 3.8) is 0 Å². The molecule has 158 valence electrons. The Morgan fingerprint density at radius 2 is 2.00 bits per heavy atom. The molecule has 0 atom stereocenters. The van der Waals surface area contributed by atoms with E-state index >= 15 is 0 Å². The molecule has 0 radical (unpaired) electrons. The van der Waals surface area contributed by atoms with Gasteiger partial charge in [0.25, 0.3) is 0 Å². The van der Waals surface area contributed by atoms with Crippen LogP contribution in [0.5, 0.6) is 0 Å². The minimum absolute atomic E-state index is 0.0409. The molecule has 1 aliphatic rings. The Labute approximate surface area is 179 Å². The molecule has 0 unspecified atom stereocenters. The topological polar surface area (TPSA) is 93.3 Å². The monoisotopic (exact) mass is 417 g/mol. The number of H-pyrrole nitrogens is 1. The van der Waals surface area contributed by atoms with Crippen molar-refractivity contribution in [2.24, 2.45) is 0 Å². The number of hydrogen-bond acceptors (Lipinski definition) is 6. The third kappa shape index (κ3) is 3.94. The Balaban J connectivity index is 1.71. The fraction of sp³-hybridized carbons (Fsp3) is 0.208. The predicted octanol–water partition coefficient (Wildman–Crippen LogP) is 3.80. The van der Waals surface area contributed by atoms with Crippen LogP contribution in [0, 0.1) is 0 Å². The predicted molar refractivity (Wildman–Crippen MR) is 116 cm³/mol. The normalized spacial score (nSPS) is 15.5. The Morgan fingerprint density at radius 1 is 1.23 bits per heavy atom. The molecule has 3 heterocycles. The molecule has 0 spiro atoms. The summed E-state index contributed by atoms with van der Waals surface area (Å²) >= 11 is 0. The van der Waals surface area contributed by atoms with Gasteiger partial charge in [0.2, 0.25) is 11.7 Å². The van der Waals surface area contributed by atoms with E-state index in [0.29, 0.717) is 5.65 Å². The van der Waals surface area contributed by atoms with Crippen LogP contribution < -0.4 is 5.32 Å². The van der Waals surface area contributed by atoms with Crippen molar-refractivity contribution in [2.45, 2.75) is 26.3 Å². The largest absolute Gasteiger partial charge is 0.462 e. The van der Waals surface area contributed by atoms with Gasteiger partial charge in [0, 0.05) is 23.3 Å². The molecular formula is C24H23N3O4. The number of esters is 1. The minimum atomic E-state index is -0.720. The molecule has 0 saturated heterocycles. The summed E-state index contributed by atoms with van der Waals surface area (Å²) in [4.78, 5) is 33.0. The molecule has 31 heavy (non-hydrogen) atoms. The Kier molecular flexibility index (Phi) is 5.33. The maximum absolute atomic E-state index is 13.1. The standard InChI is InChI=1S/C24H23N3O4/c1-4-30-23(29)19-20(28)18(13-15-14-26-21-17(15)11-8-12-25-21)31-22(19)27-24(2,3)16-9-6-5-7-10-16/h5-14,27H,4H2,1-3H3,(H,25,26)/b18-13-. The van der Waals surface area contributed by atoms with Gasteiger partial charge in [-0.05, 0) is 44.5 Å². The molecule has 2 aromatic heterocycles. The summed E-state index contributed by atoms with van der Waals surface area (Å²) in [5.74, 6) is -1.12. The van der Waals surface area contributed by atoms with Gasteiger partial charge in [0.15, 0.2) is 11.3 Å². The van der Waals surface area contributed by atoms with E-state index in [2.05, 4.69) is 15.3 Å². The number of nitrogens with one attached hydrogen (secondary N) is 2. The number of rotatable bonds is 6. The van der Waals surface area contributed by atoms with Gasteiger partial charge in [0.1, 0.15) is 5.65 Å². The fourth-order valence-electron chi connectivity index (χ4n) is 3.45. The van der Waals surface area contributed by atoms with Crippen LogP contribution in [0.2, 0.25) is 0 Å². The quantitative estimate of drug-likeness (QED) is 0.360. The average Bonchev–Trinajstić information content (AvgIpc) is 3.30. The highest BCUT2D eigenvalue weighted by atomic mass is 16.5. The maximum atomic E-state index is 13.1. The third-order valence-electron chi connectivity index (χ3n) is 5.06. The molecule has 4 rings (SSSR count). The minimum Gasteiger partial charge on any atom is -0.462 e. The smallest absolute Gasteiger partial charge is 0.347 e. The summed E-state index contributed by atoms with van der Waals surface area (Å²) < 4.78 is 11.0. The second kappa shape index (κ2) is 8.10. The van der Waals surface area contributed by atoms with E-state index in [1.54, 1.807) is 25.4 Å². The van der Waals surface area contributed by atoms with Gasteiger partial charge >= 0.3 is 5.97 Å². The van der Waals surface area contributed by atoms with E-state index in [1.807, 2.05) is 56.3 Å². The maximum Gasteiger partial charge on any atom is 0.347 e. The summed E-state index contributed by atoms with van der Waals surface area (Å²) in [5.41, 5.74) is 1.66. The molecular weight excluding hydrogens is 394 g/mol. The van der Waals surface area contributed by atoms with Gasteiger partial charge < -0.3 is 19.8 Å². The molecule has 7 heteroatoms. The fourth-order valence-corrected chi connectivity index (χ4v) is 3.45. The molecule has 3 aromatic rings. The summed E-state index contributed by atoms with van der Waals surface area (Å²) in [6, 6.07) is 13.4. The highest BCUT2D eigenvalue weighted by Gasteiger charge is 2.39. The summed E-state index contributed by atoms with van der Waals surface area (Å²) in [7, 11) is 0. The van der Waals surface area contributed by atoms with Crippen LogP contribution in [0.15, 0.2) is 72.1 Å². The van der Waals surface area contributed by atoms with Crippen molar-refractivity contribution < 1.29 is 19.1 Å². The number of benzene rings is 1.